The lowest BCUT2D eigenvalue weighted by Crippen LogP contribution is -2.32. The quantitative estimate of drug-likeness (QED) is 0.289. The molecule has 10 heteroatoms. The molecular weight excluding hydrogens is 266 g/mol. The van der Waals surface area contributed by atoms with Gasteiger partial charge >= 0.3 is 5.69 Å². The van der Waals surface area contributed by atoms with Gasteiger partial charge in [-0.15, -0.1) is 0 Å². The molecule has 0 spiro atoms. The van der Waals surface area contributed by atoms with Crippen LogP contribution in [0.4, 0.5) is 11.5 Å². The van der Waals surface area contributed by atoms with Gasteiger partial charge in [-0.2, -0.15) is 5.10 Å². The van der Waals surface area contributed by atoms with Crippen LogP contribution in [0.25, 0.3) is 10.4 Å². The third-order valence-corrected chi connectivity index (χ3v) is 3.31. The van der Waals surface area contributed by atoms with Crippen LogP contribution in [0.3, 0.4) is 0 Å². The van der Waals surface area contributed by atoms with Gasteiger partial charge in [0, 0.05) is 31.1 Å². The maximum Gasteiger partial charge on any atom is 0.331 e. The lowest BCUT2D eigenvalue weighted by atomic mass is 10.1. The van der Waals surface area contributed by atoms with E-state index in [-0.39, 0.29) is 18.3 Å². The van der Waals surface area contributed by atoms with Crippen LogP contribution in [0.1, 0.15) is 12.8 Å². The topological polar surface area (TPSA) is 133 Å². The summed E-state index contributed by atoms with van der Waals surface area (Å²) in [5.41, 5.74) is 8.37. The predicted octanol–water partition coefficient (Wildman–Crippen LogP) is 0.968. The van der Waals surface area contributed by atoms with Crippen LogP contribution < -0.4 is 4.90 Å². The Morgan fingerprint density at radius 1 is 1.70 bits per heavy atom. The number of β-amino-alcohol motifs (C(OH)–C–C–N with tert-alkyl or cyclic N) is 1. The van der Waals surface area contributed by atoms with E-state index in [1.165, 1.54) is 10.9 Å². The summed E-state index contributed by atoms with van der Waals surface area (Å²) in [6.45, 7) is 0.707. The number of anilines is 1. The summed E-state index contributed by atoms with van der Waals surface area (Å²) in [5.74, 6) is 0.357. The number of hydrogen-bond donors (Lipinski definition) is 1. The molecule has 10 nitrogen and oxygen atoms in total. The molecular formula is C10H15N7O3. The summed E-state index contributed by atoms with van der Waals surface area (Å²) < 4.78 is 1.42. The maximum absolute atomic E-state index is 11.0. The Hall–Kier alpha value is -2.32. The van der Waals surface area contributed by atoms with Crippen LogP contribution in [0.5, 0.6) is 0 Å². The van der Waals surface area contributed by atoms with E-state index in [1.54, 1.807) is 11.9 Å². The molecule has 0 aromatic carbocycles. The zero-order chi connectivity index (χ0) is 14.7. The van der Waals surface area contributed by atoms with E-state index in [1.807, 2.05) is 0 Å². The van der Waals surface area contributed by atoms with Gasteiger partial charge in [0.1, 0.15) is 6.20 Å². The average Bonchev–Trinajstić information content (AvgIpc) is 2.67. The van der Waals surface area contributed by atoms with Crippen molar-refractivity contribution in [2.75, 3.05) is 18.0 Å². The Morgan fingerprint density at radius 2 is 2.45 bits per heavy atom. The summed E-state index contributed by atoms with van der Waals surface area (Å²) in [6, 6.07) is -0.299. The first-order chi connectivity index (χ1) is 9.52. The standard InChI is InChI=1S/C10H15N7O3/c1-15-10(9(5-12-15)17(19)20)16-3-2-7(13-14-11)4-8(18)6-16/h5,7-8,18H,2-4,6H2,1H3/t7-,8+/m1/s1. The minimum Gasteiger partial charge on any atom is -0.391 e. The van der Waals surface area contributed by atoms with E-state index in [2.05, 4.69) is 15.1 Å². The van der Waals surface area contributed by atoms with Crippen molar-refractivity contribution in [3.8, 4) is 0 Å². The molecule has 20 heavy (non-hydrogen) atoms. The van der Waals surface area contributed by atoms with Gasteiger partial charge in [0.25, 0.3) is 0 Å². The minimum atomic E-state index is -0.706. The molecule has 108 valence electrons. The Labute approximate surface area is 114 Å². The first-order valence-electron chi connectivity index (χ1n) is 6.16. The Bertz CT molecular complexity index is 551. The zero-order valence-electron chi connectivity index (χ0n) is 11.0. The molecule has 1 N–H and O–H groups in total. The largest absolute Gasteiger partial charge is 0.391 e. The Kier molecular flexibility index (Phi) is 4.06. The first kappa shape index (κ1) is 14.1. The first-order valence-corrected chi connectivity index (χ1v) is 6.16. The van der Waals surface area contributed by atoms with Crippen LogP contribution >= 0.6 is 0 Å². The molecule has 2 rings (SSSR count). The molecule has 2 atom stereocenters. The molecule has 0 unspecified atom stereocenters. The van der Waals surface area contributed by atoms with Crippen LogP contribution in [-0.2, 0) is 7.05 Å². The second-order valence-electron chi connectivity index (χ2n) is 4.72. The number of aromatic nitrogens is 2. The van der Waals surface area contributed by atoms with E-state index < -0.39 is 11.0 Å². The number of azide groups is 1. The fourth-order valence-electron chi connectivity index (χ4n) is 2.44. The van der Waals surface area contributed by atoms with Crippen LogP contribution in [-0.4, -0.2) is 45.0 Å². The molecule has 2 heterocycles. The van der Waals surface area contributed by atoms with Crippen LogP contribution in [0.15, 0.2) is 11.3 Å². The third kappa shape index (κ3) is 2.81. The van der Waals surface area contributed by atoms with E-state index >= 15 is 0 Å². The molecule has 1 aromatic heterocycles. The molecule has 0 amide bonds. The Morgan fingerprint density at radius 3 is 3.10 bits per heavy atom. The van der Waals surface area contributed by atoms with Crippen molar-refractivity contribution in [1.29, 1.82) is 0 Å². The fourth-order valence-corrected chi connectivity index (χ4v) is 2.44. The summed E-state index contributed by atoms with van der Waals surface area (Å²) in [6.07, 6.45) is 1.37. The average molecular weight is 281 g/mol. The van der Waals surface area contributed by atoms with E-state index in [0.29, 0.717) is 25.2 Å². The summed E-state index contributed by atoms with van der Waals surface area (Å²) in [7, 11) is 1.62. The van der Waals surface area contributed by atoms with Gasteiger partial charge in [-0.25, -0.2) is 4.68 Å². The fraction of sp³-hybridized carbons (Fsp3) is 0.700. The minimum absolute atomic E-state index is 0.0954. The summed E-state index contributed by atoms with van der Waals surface area (Å²) >= 11 is 0. The molecule has 1 aromatic rings. The zero-order valence-corrected chi connectivity index (χ0v) is 11.0. The monoisotopic (exact) mass is 281 g/mol. The van der Waals surface area contributed by atoms with E-state index in [4.69, 9.17) is 5.53 Å². The number of nitrogens with zero attached hydrogens (tertiary/aromatic N) is 7. The van der Waals surface area contributed by atoms with Gasteiger partial charge in [-0.05, 0) is 18.4 Å². The number of nitro groups is 1. The highest BCUT2D eigenvalue weighted by atomic mass is 16.6. The van der Waals surface area contributed by atoms with Crippen molar-refractivity contribution in [2.45, 2.75) is 25.0 Å². The maximum atomic E-state index is 11.0. The summed E-state index contributed by atoms with van der Waals surface area (Å²) in [5, 5.41) is 28.5. The highest BCUT2D eigenvalue weighted by Gasteiger charge is 2.29. The van der Waals surface area contributed by atoms with Gasteiger partial charge in [-0.3, -0.25) is 10.1 Å². The van der Waals surface area contributed by atoms with Crippen LogP contribution in [0, 0.1) is 10.1 Å². The van der Waals surface area contributed by atoms with Crippen molar-refractivity contribution >= 4 is 11.5 Å². The number of aliphatic hydroxyl groups is 1. The molecule has 0 bridgehead atoms. The second-order valence-corrected chi connectivity index (χ2v) is 4.72. The molecule has 1 aliphatic heterocycles. The molecule has 1 aliphatic rings. The number of aliphatic hydroxyl groups excluding tert-OH is 1. The lowest BCUT2D eigenvalue weighted by Gasteiger charge is -2.23. The Balaban J connectivity index is 2.27. The van der Waals surface area contributed by atoms with E-state index in [9.17, 15) is 15.2 Å². The van der Waals surface area contributed by atoms with E-state index in [0.717, 1.165) is 0 Å². The van der Waals surface area contributed by atoms with Gasteiger partial charge in [0.15, 0.2) is 0 Å². The van der Waals surface area contributed by atoms with Gasteiger partial charge in [0.2, 0.25) is 5.82 Å². The number of aryl methyl sites for hydroxylation is 1. The van der Waals surface area contributed by atoms with Gasteiger partial charge in [0.05, 0.1) is 11.0 Å². The number of rotatable bonds is 3. The lowest BCUT2D eigenvalue weighted by molar-refractivity contribution is -0.384. The van der Waals surface area contributed by atoms with Crippen molar-refractivity contribution in [3.05, 3.63) is 26.8 Å². The van der Waals surface area contributed by atoms with Gasteiger partial charge in [-0.1, -0.05) is 5.11 Å². The molecule has 0 saturated carbocycles. The normalized spacial score (nSPS) is 23.0. The number of hydrogen-bond acceptors (Lipinski definition) is 6. The highest BCUT2D eigenvalue weighted by Crippen LogP contribution is 2.29. The van der Waals surface area contributed by atoms with Crippen molar-refractivity contribution in [3.63, 3.8) is 0 Å². The smallest absolute Gasteiger partial charge is 0.331 e. The van der Waals surface area contributed by atoms with Gasteiger partial charge < -0.3 is 10.0 Å². The molecule has 0 radical (unpaired) electrons. The highest BCUT2D eigenvalue weighted by molar-refractivity contribution is 5.57. The molecule has 1 fully saturated rings. The SMILES string of the molecule is Cn1ncc([N+](=O)[O-])c1N1CC[C@@H](N=[N+]=[N-])C[C@H](O)C1. The summed E-state index contributed by atoms with van der Waals surface area (Å²) in [4.78, 5) is 15.0. The predicted molar refractivity (Wildman–Crippen MR) is 70.3 cm³/mol. The van der Waals surface area contributed by atoms with Crippen molar-refractivity contribution in [1.82, 2.24) is 9.78 Å². The van der Waals surface area contributed by atoms with Crippen LogP contribution in [0.2, 0.25) is 0 Å². The molecule has 0 aliphatic carbocycles. The van der Waals surface area contributed by atoms with Crippen molar-refractivity contribution < 1.29 is 10.0 Å². The molecule has 1 saturated heterocycles. The van der Waals surface area contributed by atoms with Crippen molar-refractivity contribution in [2.24, 2.45) is 12.2 Å². The second kappa shape index (κ2) is 5.76. The third-order valence-electron chi connectivity index (χ3n) is 3.31.